The van der Waals surface area contributed by atoms with Gasteiger partial charge in [0.1, 0.15) is 11.4 Å². The molecule has 0 aliphatic carbocycles. The van der Waals surface area contributed by atoms with Gasteiger partial charge in [0.15, 0.2) is 0 Å². The maximum Gasteiger partial charge on any atom is 0.329 e. The van der Waals surface area contributed by atoms with Crippen molar-refractivity contribution in [3.05, 3.63) is 70.2 Å². The minimum atomic E-state index is -0.624. The monoisotopic (exact) mass is 417 g/mol. The number of halogens is 1. The number of benzene rings is 2. The topological polar surface area (TPSA) is 46.6 Å². The Morgan fingerprint density at radius 2 is 1.93 bits per heavy atom. The summed E-state index contributed by atoms with van der Waals surface area (Å²) in [7, 11) is 0. The van der Waals surface area contributed by atoms with Crippen molar-refractivity contribution in [2.24, 2.45) is 5.92 Å². The molecule has 148 valence electrons. The van der Waals surface area contributed by atoms with Gasteiger partial charge >= 0.3 is 5.97 Å². The summed E-state index contributed by atoms with van der Waals surface area (Å²) in [6, 6.07) is 14.2. The van der Waals surface area contributed by atoms with Crippen LogP contribution in [0.5, 0.6) is 0 Å². The molecule has 2 aromatic carbocycles. The Balaban J connectivity index is 1.93. The van der Waals surface area contributed by atoms with Gasteiger partial charge in [-0.05, 0) is 42.7 Å². The van der Waals surface area contributed by atoms with Crippen molar-refractivity contribution in [1.29, 1.82) is 0 Å². The molecule has 3 rings (SSSR count). The maximum atomic E-state index is 13.4. The lowest BCUT2D eigenvalue weighted by Crippen LogP contribution is -2.44. The number of rotatable bonds is 5. The average Bonchev–Trinajstić information content (AvgIpc) is 3.11. The lowest BCUT2D eigenvalue weighted by atomic mass is 10.1. The van der Waals surface area contributed by atoms with Crippen LogP contribution < -0.4 is 0 Å². The highest BCUT2D eigenvalue weighted by Crippen LogP contribution is 2.43. The molecule has 0 spiro atoms. The second kappa shape index (κ2) is 9.01. The van der Waals surface area contributed by atoms with Crippen molar-refractivity contribution in [2.75, 3.05) is 12.4 Å². The number of carbonyl (C=O) groups excluding carboxylic acids is 2. The first kappa shape index (κ1) is 20.7. The zero-order chi connectivity index (χ0) is 20.3. The van der Waals surface area contributed by atoms with E-state index >= 15 is 0 Å². The molecule has 6 heteroatoms. The summed E-state index contributed by atoms with van der Waals surface area (Å²) in [6.07, 6.45) is 0. The van der Waals surface area contributed by atoms with Crippen LogP contribution in [0.3, 0.4) is 0 Å². The van der Waals surface area contributed by atoms with E-state index in [9.17, 15) is 9.59 Å². The smallest absolute Gasteiger partial charge is 0.329 e. The Bertz CT molecular complexity index is 853. The minimum Gasteiger partial charge on any atom is -0.464 e. The lowest BCUT2D eigenvalue weighted by molar-refractivity contribution is -0.149. The van der Waals surface area contributed by atoms with Crippen LogP contribution in [0.4, 0.5) is 0 Å². The lowest BCUT2D eigenvalue weighted by Gasteiger charge is -2.29. The molecule has 0 bridgehead atoms. The van der Waals surface area contributed by atoms with Gasteiger partial charge in [-0.25, -0.2) is 4.79 Å². The largest absolute Gasteiger partial charge is 0.464 e. The van der Waals surface area contributed by atoms with E-state index in [1.165, 1.54) is 0 Å². The molecule has 0 N–H and O–H groups in total. The SMILES string of the molecule is Cc1ccc(C(=O)N2[C@H](C(=O)OCC(C)C)CS[C@H]2c2cccc(Cl)c2)cc1. The molecule has 2 atom stereocenters. The fourth-order valence-electron chi connectivity index (χ4n) is 3.04. The first-order valence-corrected chi connectivity index (χ1v) is 10.7. The number of carbonyl (C=O) groups is 2. The van der Waals surface area contributed by atoms with E-state index in [1.807, 2.05) is 51.1 Å². The third-order valence-corrected chi connectivity index (χ3v) is 6.06. The Labute approximate surface area is 175 Å². The Morgan fingerprint density at radius 1 is 1.21 bits per heavy atom. The Morgan fingerprint density at radius 3 is 2.57 bits per heavy atom. The maximum absolute atomic E-state index is 13.4. The van der Waals surface area contributed by atoms with E-state index in [0.29, 0.717) is 22.9 Å². The van der Waals surface area contributed by atoms with Crippen LogP contribution in [-0.4, -0.2) is 35.2 Å². The highest BCUT2D eigenvalue weighted by Gasteiger charge is 2.43. The van der Waals surface area contributed by atoms with E-state index in [1.54, 1.807) is 34.9 Å². The van der Waals surface area contributed by atoms with Crippen LogP contribution in [-0.2, 0) is 9.53 Å². The van der Waals surface area contributed by atoms with Crippen LogP contribution in [0, 0.1) is 12.8 Å². The standard InChI is InChI=1S/C22H24ClNO3S/c1-14(2)12-27-22(26)19-13-28-21(17-5-4-6-18(23)11-17)24(19)20(25)16-9-7-15(3)8-10-16/h4-11,14,19,21H,12-13H2,1-3H3/t19-,21-/m0/s1. The molecule has 1 aliphatic rings. The molecular formula is C22H24ClNO3S. The van der Waals surface area contributed by atoms with Gasteiger partial charge in [0.05, 0.1) is 6.61 Å². The number of aryl methyl sites for hydroxylation is 1. The van der Waals surface area contributed by atoms with Crippen LogP contribution in [0.25, 0.3) is 0 Å². The van der Waals surface area contributed by atoms with Gasteiger partial charge < -0.3 is 9.64 Å². The molecule has 1 fully saturated rings. The molecule has 1 aliphatic heterocycles. The molecule has 0 saturated carbocycles. The quantitative estimate of drug-likeness (QED) is 0.634. The highest BCUT2D eigenvalue weighted by atomic mass is 35.5. The molecule has 28 heavy (non-hydrogen) atoms. The van der Waals surface area contributed by atoms with E-state index < -0.39 is 6.04 Å². The molecule has 0 unspecified atom stereocenters. The van der Waals surface area contributed by atoms with E-state index in [0.717, 1.165) is 11.1 Å². The van der Waals surface area contributed by atoms with Gasteiger partial charge in [-0.3, -0.25) is 4.79 Å². The molecular weight excluding hydrogens is 394 g/mol. The summed E-state index contributed by atoms with van der Waals surface area (Å²) >= 11 is 7.72. The van der Waals surface area contributed by atoms with Crippen molar-refractivity contribution in [2.45, 2.75) is 32.2 Å². The summed E-state index contributed by atoms with van der Waals surface area (Å²) in [6.45, 7) is 6.29. The van der Waals surface area contributed by atoms with Crippen molar-refractivity contribution in [3.63, 3.8) is 0 Å². The number of thioether (sulfide) groups is 1. The number of amides is 1. The summed E-state index contributed by atoms with van der Waals surface area (Å²) in [5.41, 5.74) is 2.53. The molecule has 1 saturated heterocycles. The van der Waals surface area contributed by atoms with Crippen LogP contribution in [0.15, 0.2) is 48.5 Å². The number of hydrogen-bond donors (Lipinski definition) is 0. The number of ether oxygens (including phenoxy) is 1. The molecule has 0 aromatic heterocycles. The summed E-state index contributed by atoms with van der Waals surface area (Å²) in [5.74, 6) is 0.196. The first-order chi connectivity index (χ1) is 13.4. The van der Waals surface area contributed by atoms with Gasteiger partial charge in [0.25, 0.3) is 5.91 Å². The number of hydrogen-bond acceptors (Lipinski definition) is 4. The Hall–Kier alpha value is -1.98. The molecule has 4 nitrogen and oxygen atoms in total. The number of esters is 1. The molecule has 2 aromatic rings. The predicted octanol–water partition coefficient (Wildman–Crippen LogP) is 5.10. The van der Waals surface area contributed by atoms with Crippen LogP contribution in [0.2, 0.25) is 5.02 Å². The van der Waals surface area contributed by atoms with Crippen molar-refractivity contribution < 1.29 is 14.3 Å². The van der Waals surface area contributed by atoms with Gasteiger partial charge in [-0.15, -0.1) is 11.8 Å². The third-order valence-electron chi connectivity index (χ3n) is 4.50. The predicted molar refractivity (Wildman–Crippen MR) is 114 cm³/mol. The highest BCUT2D eigenvalue weighted by molar-refractivity contribution is 7.99. The zero-order valence-corrected chi connectivity index (χ0v) is 17.8. The summed E-state index contributed by atoms with van der Waals surface area (Å²) in [5, 5.41) is 0.316. The second-order valence-electron chi connectivity index (χ2n) is 7.36. The molecule has 1 heterocycles. The van der Waals surface area contributed by atoms with E-state index in [4.69, 9.17) is 16.3 Å². The van der Waals surface area contributed by atoms with Gasteiger partial charge in [0, 0.05) is 16.3 Å². The second-order valence-corrected chi connectivity index (χ2v) is 8.91. The van der Waals surface area contributed by atoms with Crippen molar-refractivity contribution in [3.8, 4) is 0 Å². The zero-order valence-electron chi connectivity index (χ0n) is 16.2. The summed E-state index contributed by atoms with van der Waals surface area (Å²) in [4.78, 5) is 27.7. The Kier molecular flexibility index (Phi) is 6.68. The fraction of sp³-hybridized carbons (Fsp3) is 0.364. The van der Waals surface area contributed by atoms with Crippen LogP contribution in [0.1, 0.15) is 40.7 Å². The minimum absolute atomic E-state index is 0.179. The van der Waals surface area contributed by atoms with Crippen molar-refractivity contribution >= 4 is 35.2 Å². The van der Waals surface area contributed by atoms with E-state index in [2.05, 4.69) is 0 Å². The van der Waals surface area contributed by atoms with E-state index in [-0.39, 0.29) is 23.2 Å². The number of nitrogens with zero attached hydrogens (tertiary/aromatic N) is 1. The van der Waals surface area contributed by atoms with Gasteiger partial charge in [0.2, 0.25) is 0 Å². The fourth-order valence-corrected chi connectivity index (χ4v) is 4.65. The normalized spacial score (nSPS) is 19.1. The average molecular weight is 418 g/mol. The van der Waals surface area contributed by atoms with Gasteiger partial charge in [-0.2, -0.15) is 0 Å². The summed E-state index contributed by atoms with van der Waals surface area (Å²) < 4.78 is 5.46. The van der Waals surface area contributed by atoms with Crippen LogP contribution >= 0.6 is 23.4 Å². The molecule has 1 amide bonds. The first-order valence-electron chi connectivity index (χ1n) is 9.30. The third kappa shape index (κ3) is 4.70. The van der Waals surface area contributed by atoms with Crippen molar-refractivity contribution in [1.82, 2.24) is 4.90 Å². The van der Waals surface area contributed by atoms with Gasteiger partial charge in [-0.1, -0.05) is 55.3 Å². The molecule has 0 radical (unpaired) electrons.